The molecule has 2 aliphatic heterocycles. The van der Waals surface area contributed by atoms with E-state index >= 15 is 0 Å². The molecule has 1 aromatic heterocycles. The van der Waals surface area contributed by atoms with Crippen molar-refractivity contribution in [2.45, 2.75) is 43.2 Å². The summed E-state index contributed by atoms with van der Waals surface area (Å²) in [6.07, 6.45) is 1.91. The van der Waals surface area contributed by atoms with E-state index in [2.05, 4.69) is 21.1 Å². The molecule has 1 amide bonds. The molecule has 4 unspecified atom stereocenters. The predicted molar refractivity (Wildman–Crippen MR) is 105 cm³/mol. The van der Waals surface area contributed by atoms with Crippen molar-refractivity contribution in [1.29, 1.82) is 0 Å². The summed E-state index contributed by atoms with van der Waals surface area (Å²) in [4.78, 5) is 28.4. The van der Waals surface area contributed by atoms with Gasteiger partial charge in [0.2, 0.25) is 0 Å². The van der Waals surface area contributed by atoms with Crippen LogP contribution >= 0.6 is 15.9 Å². The third-order valence-electron chi connectivity index (χ3n) is 5.81. The number of aromatic nitrogens is 1. The minimum atomic E-state index is -0.804. The molecule has 3 heterocycles. The number of ether oxygens (including phenoxy) is 1. The number of benzene rings is 1. The fourth-order valence-electron chi connectivity index (χ4n) is 4.51. The Hall–Kier alpha value is -2.48. The first-order chi connectivity index (χ1) is 13.9. The zero-order valence-electron chi connectivity index (χ0n) is 15.6. The van der Waals surface area contributed by atoms with Gasteiger partial charge in [0.25, 0.3) is 5.91 Å². The first kappa shape index (κ1) is 18.5. The van der Waals surface area contributed by atoms with Crippen LogP contribution in [0.4, 0.5) is 10.2 Å². The van der Waals surface area contributed by atoms with Crippen molar-refractivity contribution in [3.05, 3.63) is 58.8 Å². The Morgan fingerprint density at radius 1 is 1.24 bits per heavy atom. The first-order valence-electron chi connectivity index (χ1n) is 9.55. The fourth-order valence-corrected chi connectivity index (χ4v) is 5.18. The number of halogens is 2. The molecule has 0 radical (unpaired) electrons. The van der Waals surface area contributed by atoms with Crippen LogP contribution < -0.4 is 4.90 Å². The second kappa shape index (κ2) is 6.79. The van der Waals surface area contributed by atoms with Crippen molar-refractivity contribution in [3.8, 4) is 0 Å². The van der Waals surface area contributed by atoms with Crippen LogP contribution in [-0.4, -0.2) is 27.8 Å². The van der Waals surface area contributed by atoms with Gasteiger partial charge in [0, 0.05) is 10.9 Å². The zero-order valence-corrected chi connectivity index (χ0v) is 17.2. The number of ketones is 1. The number of hydrogen-bond acceptors (Lipinski definition) is 5. The Bertz CT molecular complexity index is 1050. The molecular weight excluding hydrogens is 443 g/mol. The monoisotopic (exact) mass is 460 g/mol. The van der Waals surface area contributed by atoms with Gasteiger partial charge < -0.3 is 9.26 Å². The van der Waals surface area contributed by atoms with Gasteiger partial charge in [-0.05, 0) is 43.9 Å². The van der Waals surface area contributed by atoms with Crippen molar-refractivity contribution in [1.82, 2.24) is 5.16 Å². The van der Waals surface area contributed by atoms with E-state index in [4.69, 9.17) is 9.26 Å². The number of hydrogen-bond donors (Lipinski definition) is 0. The standard InChI is InChI=1S/C21H18BrFN2O4/c1-10-7-16(24-29-10)25-18(11-3-2-4-13(23)8-11)17-19(26)14-9-12(22)5-6-15(14)28-20(17)21(25)27/h2-4,7-8,12,14-15,18H,5-6,9H2,1H3. The molecule has 5 rings (SSSR count). The summed E-state index contributed by atoms with van der Waals surface area (Å²) in [5.41, 5.74) is 0.773. The lowest BCUT2D eigenvalue weighted by Crippen LogP contribution is -2.41. The van der Waals surface area contributed by atoms with Crippen molar-refractivity contribution in [2.24, 2.45) is 5.92 Å². The molecule has 150 valence electrons. The largest absolute Gasteiger partial charge is 0.483 e. The summed E-state index contributed by atoms with van der Waals surface area (Å²) < 4.78 is 25.3. The van der Waals surface area contributed by atoms with E-state index in [9.17, 15) is 14.0 Å². The Kier molecular flexibility index (Phi) is 4.34. The number of Topliss-reactive ketones (excluding diaryl/α,β-unsaturated/α-hetero) is 1. The molecule has 1 saturated carbocycles. The third kappa shape index (κ3) is 2.92. The molecule has 2 aromatic rings. The predicted octanol–water partition coefficient (Wildman–Crippen LogP) is 4.00. The lowest BCUT2D eigenvalue weighted by atomic mass is 9.77. The molecule has 3 aliphatic rings. The molecule has 1 aliphatic carbocycles. The zero-order chi connectivity index (χ0) is 20.3. The highest BCUT2D eigenvalue weighted by molar-refractivity contribution is 9.09. The summed E-state index contributed by atoms with van der Waals surface area (Å²) in [5.74, 6) is -0.469. The quantitative estimate of drug-likeness (QED) is 0.633. The molecule has 0 N–H and O–H groups in total. The first-order valence-corrected chi connectivity index (χ1v) is 10.5. The highest BCUT2D eigenvalue weighted by Gasteiger charge is 2.53. The maximum absolute atomic E-state index is 14.0. The minimum absolute atomic E-state index is 0.0548. The van der Waals surface area contributed by atoms with Crippen molar-refractivity contribution in [3.63, 3.8) is 0 Å². The van der Waals surface area contributed by atoms with Crippen LogP contribution in [0.2, 0.25) is 0 Å². The summed E-state index contributed by atoms with van der Waals surface area (Å²) in [6, 6.07) is 6.74. The number of fused-ring (bicyclic) bond motifs is 1. The lowest BCUT2D eigenvalue weighted by Gasteiger charge is -2.37. The van der Waals surface area contributed by atoms with Crippen LogP contribution in [0.15, 0.2) is 46.2 Å². The van der Waals surface area contributed by atoms with Gasteiger partial charge in [-0.1, -0.05) is 33.2 Å². The van der Waals surface area contributed by atoms with Gasteiger partial charge >= 0.3 is 0 Å². The van der Waals surface area contributed by atoms with E-state index in [0.29, 0.717) is 24.2 Å². The number of alkyl halides is 1. The van der Waals surface area contributed by atoms with Gasteiger partial charge in [-0.3, -0.25) is 14.5 Å². The van der Waals surface area contributed by atoms with Crippen molar-refractivity contribution >= 4 is 33.4 Å². The van der Waals surface area contributed by atoms with Gasteiger partial charge in [-0.2, -0.15) is 0 Å². The fraction of sp³-hybridized carbons (Fsp3) is 0.381. The van der Waals surface area contributed by atoms with Gasteiger partial charge in [0.05, 0.1) is 17.5 Å². The summed E-state index contributed by atoms with van der Waals surface area (Å²) in [6.45, 7) is 1.72. The van der Waals surface area contributed by atoms with Crippen LogP contribution in [0, 0.1) is 18.7 Å². The highest BCUT2D eigenvalue weighted by Crippen LogP contribution is 2.48. The van der Waals surface area contributed by atoms with Crippen molar-refractivity contribution in [2.75, 3.05) is 4.90 Å². The Morgan fingerprint density at radius 2 is 2.07 bits per heavy atom. The van der Waals surface area contributed by atoms with Crippen LogP contribution in [-0.2, 0) is 14.3 Å². The van der Waals surface area contributed by atoms with Crippen molar-refractivity contribution < 1.29 is 23.2 Å². The van der Waals surface area contributed by atoms with Crippen LogP contribution in [0.5, 0.6) is 0 Å². The van der Waals surface area contributed by atoms with Gasteiger partial charge in [-0.25, -0.2) is 4.39 Å². The van der Waals surface area contributed by atoms with Gasteiger partial charge in [0.1, 0.15) is 17.7 Å². The van der Waals surface area contributed by atoms with E-state index in [0.717, 1.165) is 6.42 Å². The number of carbonyl (C=O) groups is 2. The Morgan fingerprint density at radius 3 is 2.79 bits per heavy atom. The molecule has 0 saturated heterocycles. The molecular formula is C21H18BrFN2O4. The average molecular weight is 461 g/mol. The molecule has 0 bridgehead atoms. The van der Waals surface area contributed by atoms with Crippen LogP contribution in [0.3, 0.4) is 0 Å². The smallest absolute Gasteiger partial charge is 0.295 e. The average Bonchev–Trinajstić information content (AvgIpc) is 3.24. The molecule has 1 fully saturated rings. The summed E-state index contributed by atoms with van der Waals surface area (Å²) >= 11 is 3.61. The molecule has 4 atom stereocenters. The van der Waals surface area contributed by atoms with Crippen LogP contribution in [0.25, 0.3) is 0 Å². The second-order valence-electron chi connectivity index (χ2n) is 7.71. The van der Waals surface area contributed by atoms with Gasteiger partial charge in [-0.15, -0.1) is 0 Å². The van der Waals surface area contributed by atoms with E-state index in [-0.39, 0.29) is 39.8 Å². The molecule has 0 spiro atoms. The van der Waals surface area contributed by atoms with Gasteiger partial charge in [0.15, 0.2) is 17.4 Å². The summed E-state index contributed by atoms with van der Waals surface area (Å²) in [5, 5.41) is 3.97. The highest BCUT2D eigenvalue weighted by atomic mass is 79.9. The number of nitrogens with zero attached hydrogens (tertiary/aromatic N) is 2. The molecule has 6 nitrogen and oxygen atoms in total. The molecule has 8 heteroatoms. The minimum Gasteiger partial charge on any atom is -0.483 e. The topological polar surface area (TPSA) is 72.6 Å². The van der Waals surface area contributed by atoms with Crippen LogP contribution in [0.1, 0.15) is 36.6 Å². The number of carbonyl (C=O) groups excluding carboxylic acids is 2. The van der Waals surface area contributed by atoms with E-state index in [1.54, 1.807) is 25.1 Å². The Labute approximate surface area is 174 Å². The number of amides is 1. The normalized spacial score (nSPS) is 29.0. The maximum Gasteiger partial charge on any atom is 0.295 e. The third-order valence-corrected chi connectivity index (χ3v) is 6.64. The maximum atomic E-state index is 14.0. The number of anilines is 1. The second-order valence-corrected chi connectivity index (χ2v) is 9.00. The summed E-state index contributed by atoms with van der Waals surface area (Å²) in [7, 11) is 0. The SMILES string of the molecule is Cc1cc(N2C(=O)C3=C(C(=O)C4CC(Br)CCC4O3)C2c2cccc(F)c2)no1. The number of rotatable bonds is 2. The van der Waals surface area contributed by atoms with E-state index in [1.165, 1.54) is 17.0 Å². The van der Waals surface area contributed by atoms with E-state index in [1.807, 2.05) is 0 Å². The molecule has 1 aromatic carbocycles. The lowest BCUT2D eigenvalue weighted by molar-refractivity contribution is -0.131. The molecule has 29 heavy (non-hydrogen) atoms. The van der Waals surface area contributed by atoms with E-state index < -0.39 is 17.8 Å². The number of aryl methyl sites for hydroxylation is 1. The Balaban J connectivity index is 1.65.